The van der Waals surface area contributed by atoms with Crippen molar-refractivity contribution in [3.05, 3.63) is 126 Å². The van der Waals surface area contributed by atoms with E-state index in [-0.39, 0.29) is 36.0 Å². The number of hydrogen-bond acceptors (Lipinski definition) is 7. The fourth-order valence-electron chi connectivity index (χ4n) is 9.28. The van der Waals surface area contributed by atoms with Crippen molar-refractivity contribution in [2.75, 3.05) is 23.5 Å². The zero-order chi connectivity index (χ0) is 37.6. The predicted octanol–water partition coefficient (Wildman–Crippen LogP) is 6.29. The van der Waals surface area contributed by atoms with Gasteiger partial charge in [0.25, 0.3) is 5.91 Å². The third-order valence-corrected chi connectivity index (χ3v) is 16.3. The number of ether oxygens (including phenoxy) is 2. The quantitative estimate of drug-likeness (QED) is 0.159. The Balaban J connectivity index is 1.12. The van der Waals surface area contributed by atoms with Crippen LogP contribution in [0, 0.1) is 5.92 Å². The summed E-state index contributed by atoms with van der Waals surface area (Å²) in [7, 11) is -0.631. The molecular formula is C43H47N5O5Si. The molecule has 4 atom stereocenters. The van der Waals surface area contributed by atoms with Crippen molar-refractivity contribution in [2.45, 2.75) is 76.0 Å². The summed E-state index contributed by atoms with van der Waals surface area (Å²) in [4.78, 5) is 32.0. The number of carbonyl (C=O) groups excluding carboxylic acids is 2. The Morgan fingerprint density at radius 3 is 2.39 bits per heavy atom. The van der Waals surface area contributed by atoms with Gasteiger partial charge in [0, 0.05) is 49.4 Å². The number of nitrogens with zero attached hydrogens (tertiary/aromatic N) is 5. The molecule has 0 radical (unpaired) electrons. The van der Waals surface area contributed by atoms with E-state index in [2.05, 4.69) is 54.6 Å². The molecule has 1 fully saturated rings. The van der Waals surface area contributed by atoms with Gasteiger partial charge in [0.15, 0.2) is 5.60 Å². The van der Waals surface area contributed by atoms with Crippen molar-refractivity contribution < 1.29 is 24.2 Å². The fraction of sp³-hybridized carbons (Fsp3) is 0.349. The first-order valence-corrected chi connectivity index (χ1v) is 22.0. The van der Waals surface area contributed by atoms with Gasteiger partial charge in [-0.25, -0.2) is 0 Å². The van der Waals surface area contributed by atoms with E-state index in [1.54, 1.807) is 7.11 Å². The number of fused-ring (bicyclic) bond motifs is 3. The average Bonchev–Trinajstić information content (AvgIpc) is 3.84. The number of amides is 2. The lowest BCUT2D eigenvalue weighted by molar-refractivity contribution is -0.146. The second-order valence-electron chi connectivity index (χ2n) is 15.3. The van der Waals surface area contributed by atoms with Gasteiger partial charge >= 0.3 is 0 Å². The standard InChI is InChI=1S/C43H47N5O5Si/c1-29-41(54(3,4)35-20-18-34(52-2)19-21-35)39(23-25-46-28-32(24-26-49)44-45-46)53-43(29)36-10-6-8-12-38(36)47(42(43)51)27-30-13-16-33(17-14-30)48-37-11-7-5-9-31(37)15-22-40(48)50/h5-14,16-21,28-29,39,41,49H,15,22-27H2,1-4H3/t29-,39+,41-,43+/m0/s1. The van der Waals surface area contributed by atoms with Gasteiger partial charge in [-0.15, -0.1) is 5.10 Å². The van der Waals surface area contributed by atoms with Gasteiger partial charge in [0.05, 0.1) is 44.9 Å². The number of para-hydroxylation sites is 2. The van der Waals surface area contributed by atoms with Crippen LogP contribution in [0.25, 0.3) is 0 Å². The minimum absolute atomic E-state index is 0.0169. The van der Waals surface area contributed by atoms with E-state index < -0.39 is 13.7 Å². The van der Waals surface area contributed by atoms with Crippen molar-refractivity contribution in [3.63, 3.8) is 0 Å². The lowest BCUT2D eigenvalue weighted by Gasteiger charge is -2.37. The van der Waals surface area contributed by atoms with Crippen molar-refractivity contribution in [3.8, 4) is 5.75 Å². The maximum absolute atomic E-state index is 15.2. The van der Waals surface area contributed by atoms with Crippen LogP contribution in [-0.2, 0) is 45.9 Å². The molecule has 1 aromatic heterocycles. The van der Waals surface area contributed by atoms with E-state index in [9.17, 15) is 9.90 Å². The lowest BCUT2D eigenvalue weighted by atomic mass is 9.82. The van der Waals surface area contributed by atoms with Crippen LogP contribution in [0.3, 0.4) is 0 Å². The number of hydrogen-bond donors (Lipinski definition) is 1. The lowest BCUT2D eigenvalue weighted by Crippen LogP contribution is -2.51. The van der Waals surface area contributed by atoms with Crippen LogP contribution in [-0.4, -0.2) is 59.8 Å². The minimum Gasteiger partial charge on any atom is -0.497 e. The van der Waals surface area contributed by atoms with E-state index >= 15 is 4.79 Å². The number of aromatic nitrogens is 3. The molecule has 0 bridgehead atoms. The van der Waals surface area contributed by atoms with E-state index in [1.165, 1.54) is 10.8 Å². The van der Waals surface area contributed by atoms with Gasteiger partial charge in [-0.3, -0.25) is 19.2 Å². The first-order chi connectivity index (χ1) is 26.1. The third kappa shape index (κ3) is 6.04. The Morgan fingerprint density at radius 1 is 0.926 bits per heavy atom. The van der Waals surface area contributed by atoms with Crippen LogP contribution in [0.5, 0.6) is 5.75 Å². The van der Waals surface area contributed by atoms with Crippen LogP contribution >= 0.6 is 0 Å². The molecule has 3 aliphatic rings. The Kier molecular flexibility index (Phi) is 9.49. The fourth-order valence-corrected chi connectivity index (χ4v) is 13.3. The van der Waals surface area contributed by atoms with Gasteiger partial charge in [-0.2, -0.15) is 0 Å². The summed E-state index contributed by atoms with van der Waals surface area (Å²) >= 11 is 0. The van der Waals surface area contributed by atoms with Crippen LogP contribution < -0.4 is 19.7 Å². The highest BCUT2D eigenvalue weighted by atomic mass is 28.3. The number of benzene rings is 4. The summed E-state index contributed by atoms with van der Waals surface area (Å²) < 4.78 is 14.6. The molecule has 0 unspecified atom stereocenters. The van der Waals surface area contributed by atoms with Gasteiger partial charge in [0.2, 0.25) is 5.91 Å². The molecule has 10 nitrogen and oxygen atoms in total. The Bertz CT molecular complexity index is 2170. The zero-order valence-electron chi connectivity index (χ0n) is 31.3. The molecule has 1 saturated heterocycles. The molecule has 4 heterocycles. The number of aliphatic hydroxyl groups excluding tert-OH is 1. The number of rotatable bonds is 11. The molecule has 278 valence electrons. The van der Waals surface area contributed by atoms with Crippen LogP contribution in [0.15, 0.2) is 103 Å². The number of anilines is 3. The first-order valence-electron chi connectivity index (χ1n) is 18.9. The smallest absolute Gasteiger partial charge is 0.264 e. The topological polar surface area (TPSA) is 110 Å². The highest BCUT2D eigenvalue weighted by Crippen LogP contribution is 2.60. The highest BCUT2D eigenvalue weighted by molar-refractivity contribution is 6.91. The highest BCUT2D eigenvalue weighted by Gasteiger charge is 2.66. The molecule has 2 amide bonds. The molecule has 11 heteroatoms. The molecule has 5 aromatic rings. The van der Waals surface area contributed by atoms with Crippen molar-refractivity contribution in [2.24, 2.45) is 5.92 Å². The molecule has 3 aliphatic heterocycles. The number of methoxy groups -OCH3 is 1. The van der Waals surface area contributed by atoms with Crippen LogP contribution in [0.4, 0.5) is 17.1 Å². The molecule has 1 N–H and O–H groups in total. The second-order valence-corrected chi connectivity index (χ2v) is 20.0. The van der Waals surface area contributed by atoms with Crippen molar-refractivity contribution in [1.29, 1.82) is 0 Å². The van der Waals surface area contributed by atoms with E-state index in [1.807, 2.05) is 93.5 Å². The second kappa shape index (κ2) is 14.3. The summed E-state index contributed by atoms with van der Waals surface area (Å²) in [6, 6.07) is 32.6. The average molecular weight is 742 g/mol. The largest absolute Gasteiger partial charge is 0.497 e. The monoisotopic (exact) mass is 741 g/mol. The number of carbonyl (C=O) groups is 2. The van der Waals surface area contributed by atoms with Crippen LogP contribution in [0.2, 0.25) is 18.6 Å². The molecule has 0 saturated carbocycles. The van der Waals surface area contributed by atoms with Gasteiger partial charge in [-0.1, -0.05) is 91.1 Å². The Hall–Kier alpha value is -5.10. The number of aliphatic hydroxyl groups is 1. The van der Waals surface area contributed by atoms with E-state index in [0.29, 0.717) is 32.4 Å². The van der Waals surface area contributed by atoms with Gasteiger partial charge in [0.1, 0.15) is 5.75 Å². The Morgan fingerprint density at radius 2 is 1.65 bits per heavy atom. The van der Waals surface area contributed by atoms with Crippen LogP contribution in [0.1, 0.15) is 42.1 Å². The first kappa shape index (κ1) is 35.9. The van der Waals surface area contributed by atoms with E-state index in [0.717, 1.165) is 46.1 Å². The molecule has 0 aliphatic carbocycles. The summed E-state index contributed by atoms with van der Waals surface area (Å²) in [5.74, 6) is 0.726. The summed E-state index contributed by atoms with van der Waals surface area (Å²) in [5.41, 5.74) is 5.34. The van der Waals surface area contributed by atoms with Crippen molar-refractivity contribution >= 4 is 42.1 Å². The predicted molar refractivity (Wildman–Crippen MR) is 211 cm³/mol. The molecule has 1 spiro atoms. The third-order valence-electron chi connectivity index (χ3n) is 12.0. The van der Waals surface area contributed by atoms with Gasteiger partial charge < -0.3 is 19.5 Å². The zero-order valence-corrected chi connectivity index (χ0v) is 32.3. The maximum atomic E-state index is 15.2. The molecule has 8 rings (SSSR count). The summed E-state index contributed by atoms with van der Waals surface area (Å²) in [6.45, 7) is 7.94. The Labute approximate surface area is 317 Å². The van der Waals surface area contributed by atoms with E-state index in [4.69, 9.17) is 9.47 Å². The number of aryl methyl sites for hydroxylation is 2. The SMILES string of the molecule is COc1ccc([Si](C)(C)[C@@H]2[C@@H](CCn3cc(CCO)nn3)O[C@]3(C(=O)N(Cc4ccc(N5C(=O)CCc6ccccc65)cc4)c4ccccc43)[C@H]2C)cc1. The minimum atomic E-state index is -2.31. The van der Waals surface area contributed by atoms with Gasteiger partial charge in [-0.05, 0) is 65.9 Å². The molecule has 54 heavy (non-hydrogen) atoms. The normalized spacial score (nSPS) is 22.2. The van der Waals surface area contributed by atoms with Crippen molar-refractivity contribution in [1.82, 2.24) is 15.0 Å². The maximum Gasteiger partial charge on any atom is 0.264 e. The molecule has 4 aromatic carbocycles. The molecular weight excluding hydrogens is 695 g/mol. The summed E-state index contributed by atoms with van der Waals surface area (Å²) in [6.07, 6.45) is 3.98. The summed E-state index contributed by atoms with van der Waals surface area (Å²) in [5, 5.41) is 19.3.